The molecule has 2 aliphatic rings. The van der Waals surface area contributed by atoms with Crippen molar-refractivity contribution in [3.63, 3.8) is 0 Å². The Morgan fingerprint density at radius 3 is 2.50 bits per heavy atom. The van der Waals surface area contributed by atoms with Gasteiger partial charge < -0.3 is 10.2 Å². The van der Waals surface area contributed by atoms with Gasteiger partial charge in [-0.3, -0.25) is 0 Å². The zero-order chi connectivity index (χ0) is 10.3. The fourth-order valence-corrected chi connectivity index (χ4v) is 2.73. The molecule has 2 unspecified atom stereocenters. The van der Waals surface area contributed by atoms with Gasteiger partial charge in [0.2, 0.25) is 0 Å². The van der Waals surface area contributed by atoms with Crippen molar-refractivity contribution >= 4 is 29.7 Å². The highest BCUT2D eigenvalue weighted by molar-refractivity contribution is 6.29. The topological polar surface area (TPSA) is 28.2 Å². The maximum Gasteiger partial charge on any atom is 0.129 e. The second-order valence-electron chi connectivity index (χ2n) is 4.42. The molecule has 0 saturated carbocycles. The van der Waals surface area contributed by atoms with E-state index in [0.717, 1.165) is 24.9 Å². The van der Waals surface area contributed by atoms with Crippen molar-refractivity contribution in [1.29, 1.82) is 0 Å². The van der Waals surface area contributed by atoms with E-state index in [1.54, 1.807) is 0 Å². The summed E-state index contributed by atoms with van der Waals surface area (Å²) < 4.78 is 0. The Bertz CT molecular complexity index is 343. The molecule has 0 aromatic carbocycles. The van der Waals surface area contributed by atoms with Crippen LogP contribution in [0.15, 0.2) is 18.3 Å². The second-order valence-corrected chi connectivity index (χ2v) is 4.81. The first-order chi connectivity index (χ1) is 7.33. The van der Waals surface area contributed by atoms with E-state index in [9.17, 15) is 0 Å². The van der Waals surface area contributed by atoms with Gasteiger partial charge in [0.05, 0.1) is 11.9 Å². The molecule has 16 heavy (non-hydrogen) atoms. The third-order valence-corrected chi connectivity index (χ3v) is 3.69. The van der Waals surface area contributed by atoms with Crippen molar-refractivity contribution in [2.75, 3.05) is 31.1 Å². The summed E-state index contributed by atoms with van der Waals surface area (Å²) in [6.07, 6.45) is 1.87. The van der Waals surface area contributed by atoms with E-state index >= 15 is 0 Å². The first-order valence-corrected chi connectivity index (χ1v) is 5.78. The van der Waals surface area contributed by atoms with Gasteiger partial charge >= 0.3 is 0 Å². The molecule has 88 valence electrons. The van der Waals surface area contributed by atoms with Crippen LogP contribution in [-0.2, 0) is 0 Å². The Morgan fingerprint density at radius 2 is 1.94 bits per heavy atom. The van der Waals surface area contributed by atoms with E-state index in [1.165, 1.54) is 18.8 Å². The van der Waals surface area contributed by atoms with E-state index in [1.807, 2.05) is 12.3 Å². The van der Waals surface area contributed by atoms with Crippen LogP contribution >= 0.6 is 24.0 Å². The van der Waals surface area contributed by atoms with Gasteiger partial charge in [-0.05, 0) is 24.0 Å². The van der Waals surface area contributed by atoms with E-state index < -0.39 is 0 Å². The average Bonchev–Trinajstić information content (AvgIpc) is 2.78. The molecule has 0 spiro atoms. The molecule has 3 rings (SSSR count). The largest absolute Gasteiger partial charge is 0.370 e. The molecule has 0 aliphatic carbocycles. The number of rotatable bonds is 1. The summed E-state index contributed by atoms with van der Waals surface area (Å²) in [4.78, 5) is 6.54. The summed E-state index contributed by atoms with van der Waals surface area (Å²) in [5.74, 6) is 1.64. The first-order valence-electron chi connectivity index (χ1n) is 5.40. The molecule has 3 nitrogen and oxygen atoms in total. The highest BCUT2D eigenvalue weighted by atomic mass is 35.5. The number of hydrogen-bond donors (Lipinski definition) is 1. The van der Waals surface area contributed by atoms with Crippen molar-refractivity contribution in [2.45, 2.75) is 0 Å². The molecule has 0 amide bonds. The fraction of sp³-hybridized carbons (Fsp3) is 0.545. The number of halogens is 2. The highest BCUT2D eigenvalue weighted by Crippen LogP contribution is 2.30. The minimum atomic E-state index is 0. The Morgan fingerprint density at radius 1 is 1.25 bits per heavy atom. The lowest BCUT2D eigenvalue weighted by molar-refractivity contribution is 0.533. The predicted molar refractivity (Wildman–Crippen MR) is 68.6 cm³/mol. The third-order valence-electron chi connectivity index (χ3n) is 3.47. The van der Waals surface area contributed by atoms with Crippen LogP contribution in [0.4, 0.5) is 5.69 Å². The normalized spacial score (nSPS) is 27.7. The van der Waals surface area contributed by atoms with E-state index in [-0.39, 0.29) is 12.4 Å². The van der Waals surface area contributed by atoms with E-state index in [2.05, 4.69) is 21.3 Å². The van der Waals surface area contributed by atoms with Crippen molar-refractivity contribution in [2.24, 2.45) is 11.8 Å². The van der Waals surface area contributed by atoms with Crippen molar-refractivity contribution in [1.82, 2.24) is 10.3 Å². The molecule has 1 N–H and O–H groups in total. The average molecular weight is 260 g/mol. The van der Waals surface area contributed by atoms with Gasteiger partial charge in [-0.2, -0.15) is 0 Å². The number of anilines is 1. The number of nitrogens with zero attached hydrogens (tertiary/aromatic N) is 2. The molecular weight excluding hydrogens is 245 g/mol. The first kappa shape index (κ1) is 12.0. The lowest BCUT2D eigenvalue weighted by Gasteiger charge is -2.19. The molecule has 2 atom stereocenters. The van der Waals surface area contributed by atoms with Crippen LogP contribution in [0.25, 0.3) is 0 Å². The smallest absolute Gasteiger partial charge is 0.129 e. The van der Waals surface area contributed by atoms with Gasteiger partial charge in [-0.25, -0.2) is 4.98 Å². The third kappa shape index (κ3) is 2.12. The van der Waals surface area contributed by atoms with Crippen LogP contribution in [0.5, 0.6) is 0 Å². The Hall–Kier alpha value is -0.510. The Kier molecular flexibility index (Phi) is 3.57. The number of hydrogen-bond acceptors (Lipinski definition) is 3. The van der Waals surface area contributed by atoms with Crippen LogP contribution in [-0.4, -0.2) is 31.2 Å². The van der Waals surface area contributed by atoms with Gasteiger partial charge in [0.1, 0.15) is 5.15 Å². The fourth-order valence-electron chi connectivity index (χ4n) is 2.62. The molecule has 0 bridgehead atoms. The summed E-state index contributed by atoms with van der Waals surface area (Å²) in [6.45, 7) is 4.65. The zero-order valence-electron chi connectivity index (χ0n) is 8.90. The Labute approximate surface area is 107 Å². The molecule has 0 radical (unpaired) electrons. The van der Waals surface area contributed by atoms with Crippen LogP contribution in [0, 0.1) is 11.8 Å². The summed E-state index contributed by atoms with van der Waals surface area (Å²) >= 11 is 5.77. The molecular formula is C11H15Cl2N3. The molecule has 1 aromatic rings. The SMILES string of the molecule is Cl.Clc1ccc(N2CC3CNCC3C2)cn1. The lowest BCUT2D eigenvalue weighted by Crippen LogP contribution is -2.25. The van der Waals surface area contributed by atoms with Crippen molar-refractivity contribution < 1.29 is 0 Å². The standard InChI is InChI=1S/C11H14ClN3.ClH/c12-11-2-1-10(5-14-11)15-6-8-3-13-4-9(8)7-15;/h1-2,5,8-9,13H,3-4,6-7H2;1H. The molecule has 2 aliphatic heterocycles. The number of nitrogens with one attached hydrogen (secondary N) is 1. The van der Waals surface area contributed by atoms with Crippen LogP contribution < -0.4 is 10.2 Å². The van der Waals surface area contributed by atoms with Crippen molar-refractivity contribution in [3.8, 4) is 0 Å². The maximum atomic E-state index is 5.77. The van der Waals surface area contributed by atoms with Crippen molar-refractivity contribution in [3.05, 3.63) is 23.5 Å². The van der Waals surface area contributed by atoms with E-state index in [0.29, 0.717) is 5.15 Å². The summed E-state index contributed by atoms with van der Waals surface area (Å²) in [7, 11) is 0. The van der Waals surface area contributed by atoms with Gasteiger partial charge in [-0.15, -0.1) is 12.4 Å². The molecule has 1 aromatic heterocycles. The quantitative estimate of drug-likeness (QED) is 0.780. The number of fused-ring (bicyclic) bond motifs is 1. The molecule has 3 heterocycles. The molecule has 2 saturated heterocycles. The minimum Gasteiger partial charge on any atom is -0.370 e. The van der Waals surface area contributed by atoms with Crippen LogP contribution in [0.3, 0.4) is 0 Å². The molecule has 2 fully saturated rings. The number of pyridine rings is 1. The summed E-state index contributed by atoms with van der Waals surface area (Å²) in [6, 6.07) is 3.92. The van der Waals surface area contributed by atoms with Gasteiger partial charge in [0.15, 0.2) is 0 Å². The van der Waals surface area contributed by atoms with E-state index in [4.69, 9.17) is 11.6 Å². The minimum absolute atomic E-state index is 0. The van der Waals surface area contributed by atoms with Crippen LogP contribution in [0.1, 0.15) is 0 Å². The monoisotopic (exact) mass is 259 g/mol. The summed E-state index contributed by atoms with van der Waals surface area (Å²) in [5, 5.41) is 4.01. The number of aromatic nitrogens is 1. The highest BCUT2D eigenvalue weighted by Gasteiger charge is 2.36. The van der Waals surface area contributed by atoms with Gasteiger partial charge in [0.25, 0.3) is 0 Å². The maximum absolute atomic E-state index is 5.77. The van der Waals surface area contributed by atoms with Crippen LogP contribution in [0.2, 0.25) is 5.15 Å². The van der Waals surface area contributed by atoms with Gasteiger partial charge in [-0.1, -0.05) is 11.6 Å². The second kappa shape index (κ2) is 4.78. The summed E-state index contributed by atoms with van der Waals surface area (Å²) in [5.41, 5.74) is 1.20. The predicted octanol–water partition coefficient (Wildman–Crippen LogP) is 1.81. The van der Waals surface area contributed by atoms with Gasteiger partial charge in [0, 0.05) is 26.2 Å². The lowest BCUT2D eigenvalue weighted by atomic mass is 10.0. The Balaban J connectivity index is 0.000000963. The zero-order valence-corrected chi connectivity index (χ0v) is 10.5. The molecule has 5 heteroatoms.